The van der Waals surface area contributed by atoms with Crippen LogP contribution in [0.3, 0.4) is 0 Å². The fourth-order valence-corrected chi connectivity index (χ4v) is 3.74. The first kappa shape index (κ1) is 18.0. The first-order valence-corrected chi connectivity index (χ1v) is 7.85. The zero-order valence-electron chi connectivity index (χ0n) is 13.0. The number of alkyl halides is 3. The van der Waals surface area contributed by atoms with E-state index in [0.29, 0.717) is 19.3 Å². The third-order valence-corrected chi connectivity index (χ3v) is 4.91. The number of nitrogens with zero attached hydrogens (tertiary/aromatic N) is 1. The highest BCUT2D eigenvalue weighted by Crippen LogP contribution is 2.43. The lowest BCUT2D eigenvalue weighted by Gasteiger charge is -2.36. The van der Waals surface area contributed by atoms with E-state index in [4.69, 9.17) is 9.84 Å². The normalized spacial score (nSPS) is 32.1. The molecule has 0 aromatic rings. The number of hydrogen-bond donors (Lipinski definition) is 1. The zero-order valence-corrected chi connectivity index (χ0v) is 13.0. The molecule has 23 heavy (non-hydrogen) atoms. The van der Waals surface area contributed by atoms with Crippen molar-refractivity contribution in [1.29, 1.82) is 0 Å². The second-order valence-electron chi connectivity index (χ2n) is 6.37. The minimum absolute atomic E-state index is 0.0367. The van der Waals surface area contributed by atoms with Crippen molar-refractivity contribution in [3.8, 4) is 0 Å². The molecule has 0 aromatic heterocycles. The van der Waals surface area contributed by atoms with Gasteiger partial charge >= 0.3 is 12.1 Å². The van der Waals surface area contributed by atoms with E-state index in [1.165, 1.54) is 12.0 Å². The number of aliphatic carboxylic acids is 1. The molecule has 1 N–H and O–H groups in total. The van der Waals surface area contributed by atoms with Gasteiger partial charge in [-0.05, 0) is 19.3 Å². The minimum atomic E-state index is -4.40. The predicted octanol–water partition coefficient (Wildman–Crippen LogP) is 2.45. The average Bonchev–Trinajstić information content (AvgIpc) is 2.88. The lowest BCUT2D eigenvalue weighted by atomic mass is 9.78. The Labute approximate surface area is 132 Å². The van der Waals surface area contributed by atoms with Crippen LogP contribution in [0.4, 0.5) is 13.2 Å². The number of amides is 1. The Hall–Kier alpha value is -1.31. The summed E-state index contributed by atoms with van der Waals surface area (Å²) in [5.41, 5.74) is 0. The summed E-state index contributed by atoms with van der Waals surface area (Å²) < 4.78 is 44.8. The van der Waals surface area contributed by atoms with E-state index in [-0.39, 0.29) is 31.9 Å². The molecule has 1 aliphatic heterocycles. The van der Waals surface area contributed by atoms with Gasteiger partial charge in [0, 0.05) is 25.6 Å². The van der Waals surface area contributed by atoms with Crippen LogP contribution < -0.4 is 0 Å². The first-order chi connectivity index (χ1) is 10.7. The first-order valence-electron chi connectivity index (χ1n) is 7.85. The SMILES string of the molecule is COC1CC(CC(=O)O)N(C(=O)C2CCCCC2C(F)(F)F)C1. The largest absolute Gasteiger partial charge is 0.481 e. The number of methoxy groups -OCH3 is 1. The number of likely N-dealkylation sites (tertiary alicyclic amines) is 1. The van der Waals surface area contributed by atoms with Crippen LogP contribution in [0.5, 0.6) is 0 Å². The molecule has 0 aromatic carbocycles. The topological polar surface area (TPSA) is 66.8 Å². The Morgan fingerprint density at radius 2 is 1.91 bits per heavy atom. The van der Waals surface area contributed by atoms with Gasteiger partial charge in [-0.2, -0.15) is 13.2 Å². The third kappa shape index (κ3) is 4.16. The van der Waals surface area contributed by atoms with Crippen molar-refractivity contribution in [3.63, 3.8) is 0 Å². The molecule has 132 valence electrons. The van der Waals surface area contributed by atoms with E-state index in [9.17, 15) is 22.8 Å². The lowest BCUT2D eigenvalue weighted by Crippen LogP contribution is -2.47. The van der Waals surface area contributed by atoms with Crippen molar-refractivity contribution >= 4 is 11.9 Å². The summed E-state index contributed by atoms with van der Waals surface area (Å²) in [7, 11) is 1.45. The molecule has 1 aliphatic carbocycles. The van der Waals surface area contributed by atoms with Crippen molar-refractivity contribution in [2.45, 2.75) is 56.8 Å². The second kappa shape index (κ2) is 7.07. The van der Waals surface area contributed by atoms with Gasteiger partial charge in [-0.3, -0.25) is 9.59 Å². The van der Waals surface area contributed by atoms with Crippen LogP contribution in [0.1, 0.15) is 38.5 Å². The smallest absolute Gasteiger partial charge is 0.392 e. The maximum Gasteiger partial charge on any atom is 0.392 e. The van der Waals surface area contributed by atoms with Crippen LogP contribution in [0, 0.1) is 11.8 Å². The Kier molecular flexibility index (Phi) is 5.54. The fourth-order valence-electron chi connectivity index (χ4n) is 3.74. The standard InChI is InChI=1S/C15H22F3NO4/c1-23-10-6-9(7-13(20)21)19(8-10)14(22)11-4-2-3-5-12(11)15(16,17)18/h9-12H,2-8H2,1H3,(H,20,21). The van der Waals surface area contributed by atoms with Gasteiger partial charge in [0.25, 0.3) is 0 Å². The highest BCUT2D eigenvalue weighted by Gasteiger charge is 2.50. The molecule has 2 fully saturated rings. The van der Waals surface area contributed by atoms with Crippen molar-refractivity contribution in [2.75, 3.05) is 13.7 Å². The molecule has 0 spiro atoms. The Balaban J connectivity index is 2.16. The van der Waals surface area contributed by atoms with E-state index in [1.807, 2.05) is 0 Å². The van der Waals surface area contributed by atoms with Crippen LogP contribution in [0.2, 0.25) is 0 Å². The molecule has 8 heteroatoms. The maximum atomic E-state index is 13.2. The Morgan fingerprint density at radius 1 is 1.26 bits per heavy atom. The maximum absolute atomic E-state index is 13.2. The fraction of sp³-hybridized carbons (Fsp3) is 0.867. The van der Waals surface area contributed by atoms with E-state index in [2.05, 4.69) is 0 Å². The summed E-state index contributed by atoms with van der Waals surface area (Å²) in [6.45, 7) is 0.161. The zero-order chi connectivity index (χ0) is 17.2. The quantitative estimate of drug-likeness (QED) is 0.856. The van der Waals surface area contributed by atoms with Gasteiger partial charge in [-0.15, -0.1) is 0 Å². The summed E-state index contributed by atoms with van der Waals surface area (Å²) in [6, 6.07) is -0.597. The molecule has 2 aliphatic rings. The van der Waals surface area contributed by atoms with Gasteiger partial charge < -0.3 is 14.7 Å². The minimum Gasteiger partial charge on any atom is -0.481 e. The average molecular weight is 337 g/mol. The highest BCUT2D eigenvalue weighted by molar-refractivity contribution is 5.81. The van der Waals surface area contributed by atoms with Crippen LogP contribution in [-0.4, -0.2) is 53.9 Å². The van der Waals surface area contributed by atoms with E-state index in [1.54, 1.807) is 0 Å². The number of hydrogen-bond acceptors (Lipinski definition) is 3. The number of ether oxygens (including phenoxy) is 1. The molecule has 0 bridgehead atoms. The number of carboxylic acids is 1. The van der Waals surface area contributed by atoms with Crippen LogP contribution in [0.25, 0.3) is 0 Å². The highest BCUT2D eigenvalue weighted by atomic mass is 19.4. The molecule has 0 radical (unpaired) electrons. The van der Waals surface area contributed by atoms with Crippen LogP contribution >= 0.6 is 0 Å². The number of halogens is 3. The van der Waals surface area contributed by atoms with Crippen molar-refractivity contribution in [1.82, 2.24) is 4.90 Å². The van der Waals surface area contributed by atoms with Gasteiger partial charge in [0.05, 0.1) is 18.4 Å². The van der Waals surface area contributed by atoms with Crippen molar-refractivity contribution < 1.29 is 32.6 Å². The van der Waals surface area contributed by atoms with E-state index in [0.717, 1.165) is 0 Å². The van der Waals surface area contributed by atoms with E-state index < -0.39 is 35.9 Å². The number of carboxylic acid groups (broad SMARTS) is 1. The van der Waals surface area contributed by atoms with Gasteiger partial charge in [0.1, 0.15) is 0 Å². The molecule has 1 saturated heterocycles. The summed E-state index contributed by atoms with van der Waals surface area (Å²) in [5.74, 6) is -4.37. The lowest BCUT2D eigenvalue weighted by molar-refractivity contribution is -0.201. The Morgan fingerprint density at radius 3 is 2.48 bits per heavy atom. The number of rotatable bonds is 4. The monoisotopic (exact) mass is 337 g/mol. The summed E-state index contributed by atoms with van der Waals surface area (Å²) in [5, 5.41) is 8.97. The van der Waals surface area contributed by atoms with Crippen molar-refractivity contribution in [3.05, 3.63) is 0 Å². The molecule has 4 unspecified atom stereocenters. The summed E-state index contributed by atoms with van der Waals surface area (Å²) in [6.07, 6.45) is -3.42. The van der Waals surface area contributed by atoms with Crippen LogP contribution in [-0.2, 0) is 14.3 Å². The van der Waals surface area contributed by atoms with Gasteiger partial charge in [-0.25, -0.2) is 0 Å². The molecule has 2 rings (SSSR count). The molecule has 1 heterocycles. The molecule has 1 saturated carbocycles. The molecule has 5 nitrogen and oxygen atoms in total. The summed E-state index contributed by atoms with van der Waals surface area (Å²) in [4.78, 5) is 25.0. The number of carbonyl (C=O) groups is 2. The van der Waals surface area contributed by atoms with Crippen molar-refractivity contribution in [2.24, 2.45) is 11.8 Å². The second-order valence-corrected chi connectivity index (χ2v) is 6.37. The van der Waals surface area contributed by atoms with Gasteiger partial charge in [0.15, 0.2) is 0 Å². The Bertz CT molecular complexity index is 454. The molecular formula is C15H22F3NO4. The third-order valence-electron chi connectivity index (χ3n) is 4.91. The van der Waals surface area contributed by atoms with Gasteiger partial charge in [-0.1, -0.05) is 12.8 Å². The molecule has 1 amide bonds. The number of carbonyl (C=O) groups excluding carboxylic acids is 1. The molecule has 4 atom stereocenters. The summed E-state index contributed by atoms with van der Waals surface area (Å²) >= 11 is 0. The predicted molar refractivity (Wildman–Crippen MR) is 74.7 cm³/mol. The van der Waals surface area contributed by atoms with Gasteiger partial charge in [0.2, 0.25) is 5.91 Å². The van der Waals surface area contributed by atoms with E-state index >= 15 is 0 Å². The van der Waals surface area contributed by atoms with Crippen LogP contribution in [0.15, 0.2) is 0 Å². The molecular weight excluding hydrogens is 315 g/mol.